The van der Waals surface area contributed by atoms with Crippen molar-refractivity contribution in [2.24, 2.45) is 0 Å². The molecule has 174 valence electrons. The molecule has 5 aromatic carbocycles. The monoisotopic (exact) mass is 538 g/mol. The molecule has 0 saturated carbocycles. The fraction of sp³-hybridized carbons (Fsp3) is 0.0625. The topological polar surface area (TPSA) is 9.23 Å². The molecular weight excluding hydrogens is 511 g/mol. The Kier molecular flexibility index (Phi) is 9.71. The summed E-state index contributed by atoms with van der Waals surface area (Å²) in [6.45, 7) is 0.620. The van der Waals surface area contributed by atoms with Gasteiger partial charge >= 0.3 is 0 Å². The Balaban J connectivity index is 0.000000168. The summed E-state index contributed by atoms with van der Waals surface area (Å²) in [6.07, 6.45) is 0. The van der Waals surface area contributed by atoms with Crippen LogP contribution in [0.15, 0.2) is 146 Å². The van der Waals surface area contributed by atoms with Crippen molar-refractivity contribution in [1.82, 2.24) is 0 Å². The van der Waals surface area contributed by atoms with E-state index >= 15 is 0 Å². The van der Waals surface area contributed by atoms with Gasteiger partial charge in [0, 0.05) is 5.33 Å². The fourth-order valence-electron chi connectivity index (χ4n) is 3.59. The van der Waals surface area contributed by atoms with Gasteiger partial charge in [-0.3, -0.25) is 0 Å². The van der Waals surface area contributed by atoms with Gasteiger partial charge in [-0.2, -0.15) is 0 Å². The van der Waals surface area contributed by atoms with E-state index in [9.17, 15) is 0 Å². The maximum Gasteiger partial charge on any atom is 0.119 e. The molecule has 0 bridgehead atoms. The van der Waals surface area contributed by atoms with E-state index in [1.54, 1.807) is 0 Å². The molecule has 5 rings (SSSR count). The predicted octanol–water partition coefficient (Wildman–Crippen LogP) is 7.61. The van der Waals surface area contributed by atoms with Crippen LogP contribution in [-0.4, -0.2) is 0 Å². The van der Waals surface area contributed by atoms with Crippen LogP contribution in [0.5, 0.6) is 5.75 Å². The smallest absolute Gasteiger partial charge is 0.119 e. The Morgan fingerprint density at radius 1 is 0.457 bits per heavy atom. The van der Waals surface area contributed by atoms with E-state index in [1.807, 2.05) is 30.3 Å². The Morgan fingerprint density at radius 3 is 1.26 bits per heavy atom. The van der Waals surface area contributed by atoms with E-state index in [0.717, 1.165) is 11.1 Å². The lowest BCUT2D eigenvalue weighted by Crippen LogP contribution is -2.20. The van der Waals surface area contributed by atoms with Crippen LogP contribution in [0.2, 0.25) is 0 Å². The largest absolute Gasteiger partial charge is 0.489 e. The summed E-state index contributed by atoms with van der Waals surface area (Å²) in [5.74, 6) is 0.911. The van der Waals surface area contributed by atoms with Gasteiger partial charge in [-0.05, 0) is 47.1 Å². The SMILES string of the molecule is BrCc1ccc(OCc2ccccc2)cc1.c1ccc(P(c2ccccc2)c2ccccc2)cc1. The van der Waals surface area contributed by atoms with Crippen LogP contribution in [0.1, 0.15) is 11.1 Å². The van der Waals surface area contributed by atoms with Crippen molar-refractivity contribution in [2.75, 3.05) is 0 Å². The molecular formula is C32H28BrOP. The average Bonchev–Trinajstić information content (AvgIpc) is 2.95. The molecule has 0 aliphatic heterocycles. The van der Waals surface area contributed by atoms with Crippen molar-refractivity contribution in [2.45, 2.75) is 11.9 Å². The van der Waals surface area contributed by atoms with Crippen molar-refractivity contribution < 1.29 is 4.74 Å². The fourth-order valence-corrected chi connectivity index (χ4v) is 6.27. The first kappa shape index (κ1) is 24.9. The number of ether oxygens (including phenoxy) is 1. The van der Waals surface area contributed by atoms with Crippen LogP contribution in [0.25, 0.3) is 0 Å². The van der Waals surface area contributed by atoms with Crippen LogP contribution >= 0.6 is 23.9 Å². The molecule has 0 radical (unpaired) electrons. The number of benzene rings is 5. The predicted molar refractivity (Wildman–Crippen MR) is 155 cm³/mol. The van der Waals surface area contributed by atoms with Gasteiger partial charge in [-0.15, -0.1) is 0 Å². The minimum absolute atomic E-state index is 0.446. The number of halogens is 1. The Hall–Kier alpha value is -3.19. The highest BCUT2D eigenvalue weighted by atomic mass is 79.9. The van der Waals surface area contributed by atoms with Crippen LogP contribution in [0.4, 0.5) is 0 Å². The molecule has 1 nitrogen and oxygen atoms in total. The zero-order valence-electron chi connectivity index (χ0n) is 19.5. The zero-order chi connectivity index (χ0) is 24.1. The van der Waals surface area contributed by atoms with Gasteiger partial charge in [0.1, 0.15) is 12.4 Å². The second-order valence-corrected chi connectivity index (χ2v) is 10.7. The number of alkyl halides is 1. The van der Waals surface area contributed by atoms with E-state index in [1.165, 1.54) is 27.0 Å². The molecule has 0 spiro atoms. The second-order valence-electron chi connectivity index (χ2n) is 7.89. The maximum absolute atomic E-state index is 5.68. The molecule has 0 aliphatic carbocycles. The lowest BCUT2D eigenvalue weighted by molar-refractivity contribution is 0.306. The summed E-state index contributed by atoms with van der Waals surface area (Å²) in [7, 11) is -0.446. The van der Waals surface area contributed by atoms with Crippen LogP contribution in [0, 0.1) is 0 Å². The van der Waals surface area contributed by atoms with E-state index in [-0.39, 0.29) is 0 Å². The average molecular weight is 539 g/mol. The normalized spacial score (nSPS) is 10.3. The molecule has 0 heterocycles. The first-order valence-electron chi connectivity index (χ1n) is 11.6. The molecule has 5 aromatic rings. The molecule has 0 saturated heterocycles. The summed E-state index contributed by atoms with van der Waals surface area (Å²) in [6, 6.07) is 50.6. The number of rotatable bonds is 7. The first-order valence-corrected chi connectivity index (χ1v) is 14.1. The third-order valence-electron chi connectivity index (χ3n) is 5.37. The Labute approximate surface area is 218 Å². The third-order valence-corrected chi connectivity index (χ3v) is 8.46. The Bertz CT molecular complexity index is 1150. The molecule has 3 heteroatoms. The highest BCUT2D eigenvalue weighted by molar-refractivity contribution is 9.08. The first-order chi connectivity index (χ1) is 17.3. The molecule has 35 heavy (non-hydrogen) atoms. The van der Waals surface area contributed by atoms with Gasteiger partial charge < -0.3 is 4.74 Å². The van der Waals surface area contributed by atoms with Gasteiger partial charge in [0.25, 0.3) is 0 Å². The van der Waals surface area contributed by atoms with Crippen LogP contribution in [0.3, 0.4) is 0 Å². The molecule has 0 N–H and O–H groups in total. The van der Waals surface area contributed by atoms with Gasteiger partial charge in [0.15, 0.2) is 0 Å². The van der Waals surface area contributed by atoms with Crippen molar-refractivity contribution in [3.05, 3.63) is 157 Å². The maximum atomic E-state index is 5.68. The lowest BCUT2D eigenvalue weighted by atomic mass is 10.2. The summed E-state index contributed by atoms with van der Waals surface area (Å²) < 4.78 is 5.68. The Morgan fingerprint density at radius 2 is 0.857 bits per heavy atom. The molecule has 0 amide bonds. The number of hydrogen-bond acceptors (Lipinski definition) is 1. The third kappa shape index (κ3) is 7.65. The minimum atomic E-state index is -0.446. The zero-order valence-corrected chi connectivity index (χ0v) is 22.0. The second kappa shape index (κ2) is 13.6. The number of hydrogen-bond donors (Lipinski definition) is 0. The molecule has 0 fully saturated rings. The van der Waals surface area contributed by atoms with Gasteiger partial charge in [0.05, 0.1) is 0 Å². The van der Waals surface area contributed by atoms with Gasteiger partial charge in [0.2, 0.25) is 0 Å². The minimum Gasteiger partial charge on any atom is -0.489 e. The molecule has 0 unspecified atom stereocenters. The van der Waals surface area contributed by atoms with E-state index in [4.69, 9.17) is 4.74 Å². The quantitative estimate of drug-likeness (QED) is 0.153. The summed E-state index contributed by atoms with van der Waals surface area (Å²) in [5.41, 5.74) is 2.44. The highest BCUT2D eigenvalue weighted by Crippen LogP contribution is 2.32. The van der Waals surface area contributed by atoms with Crippen molar-refractivity contribution in [3.8, 4) is 5.75 Å². The van der Waals surface area contributed by atoms with Gasteiger partial charge in [-0.25, -0.2) is 0 Å². The van der Waals surface area contributed by atoms with E-state index in [2.05, 4.69) is 131 Å². The standard InChI is InChI=1S/C18H15P.C14H13BrO/c1-4-10-16(11-5-1)19(17-12-6-2-7-13-17)18-14-8-3-9-15-18;15-10-12-6-8-14(9-7-12)16-11-13-4-2-1-3-5-13/h1-15H;1-9H,10-11H2. The molecule has 0 aromatic heterocycles. The highest BCUT2D eigenvalue weighted by Gasteiger charge is 2.15. The van der Waals surface area contributed by atoms with Crippen molar-refractivity contribution in [1.29, 1.82) is 0 Å². The summed E-state index contributed by atoms with van der Waals surface area (Å²) in [5, 5.41) is 5.08. The summed E-state index contributed by atoms with van der Waals surface area (Å²) in [4.78, 5) is 0. The summed E-state index contributed by atoms with van der Waals surface area (Å²) >= 11 is 3.42. The lowest BCUT2D eigenvalue weighted by Gasteiger charge is -2.18. The van der Waals surface area contributed by atoms with Gasteiger partial charge in [-0.1, -0.05) is 149 Å². The van der Waals surface area contributed by atoms with E-state index in [0.29, 0.717) is 6.61 Å². The van der Waals surface area contributed by atoms with E-state index < -0.39 is 7.92 Å². The van der Waals surface area contributed by atoms with Crippen molar-refractivity contribution >= 4 is 39.8 Å². The van der Waals surface area contributed by atoms with Crippen LogP contribution in [-0.2, 0) is 11.9 Å². The molecule has 0 atom stereocenters. The van der Waals surface area contributed by atoms with Crippen molar-refractivity contribution in [3.63, 3.8) is 0 Å². The molecule has 0 aliphatic rings. The van der Waals surface area contributed by atoms with Crippen LogP contribution < -0.4 is 20.7 Å².